The zero-order valence-corrected chi connectivity index (χ0v) is 21.2. The summed E-state index contributed by atoms with van der Waals surface area (Å²) in [4.78, 5) is 26.3. The summed E-state index contributed by atoms with van der Waals surface area (Å²) in [6.07, 6.45) is 1.01. The molecule has 0 unspecified atom stereocenters. The van der Waals surface area contributed by atoms with Gasteiger partial charge in [0, 0.05) is 12.1 Å². The summed E-state index contributed by atoms with van der Waals surface area (Å²) in [5.41, 5.74) is 15.2. The van der Waals surface area contributed by atoms with Crippen LogP contribution in [0.4, 0.5) is 17.1 Å². The lowest BCUT2D eigenvalue weighted by atomic mass is 10.1. The van der Waals surface area contributed by atoms with Crippen LogP contribution in [0, 0.1) is 5.41 Å². The lowest BCUT2D eigenvalue weighted by molar-refractivity contribution is -0.142. The van der Waals surface area contributed by atoms with E-state index in [4.69, 9.17) is 26.4 Å². The normalized spacial score (nSPS) is 10.5. The van der Waals surface area contributed by atoms with E-state index in [0.29, 0.717) is 37.6 Å². The van der Waals surface area contributed by atoms with E-state index < -0.39 is 5.97 Å². The minimum Gasteiger partial charge on any atom is -0.481 e. The van der Waals surface area contributed by atoms with Gasteiger partial charge in [-0.2, -0.15) is 0 Å². The van der Waals surface area contributed by atoms with Crippen LogP contribution in [-0.2, 0) is 30.2 Å². The molecule has 0 atom stereocenters. The largest absolute Gasteiger partial charge is 0.481 e. The van der Waals surface area contributed by atoms with Crippen LogP contribution in [0.2, 0.25) is 0 Å². The standard InChI is InChI=1S/C12H13NO2.C7H13NO3.C6H8N2.ClH/c1-2-15-12(14)8-10-7-9-5-3-4-6-11(9)13-10;1-3-10-6(8)5-7(9)11-4-2;7-5-3-1-2-4-6(5)8;/h3-6H,2,7-8H2,1H3;8H,3-5H2,1-2H3;1-4H,7-8H2;1H. The van der Waals surface area contributed by atoms with Crippen LogP contribution in [0.3, 0.4) is 0 Å². The maximum Gasteiger partial charge on any atom is 0.315 e. The third-order valence-electron chi connectivity index (χ3n) is 4.24. The molecule has 0 aromatic heterocycles. The number of nitrogens with zero attached hydrogens (tertiary/aromatic N) is 1. The van der Waals surface area contributed by atoms with E-state index in [1.165, 1.54) is 5.56 Å². The molecule has 9 nitrogen and oxygen atoms in total. The Kier molecular flexibility index (Phi) is 16.0. The third-order valence-corrected chi connectivity index (χ3v) is 4.24. The van der Waals surface area contributed by atoms with Gasteiger partial charge in [-0.15, -0.1) is 12.4 Å². The SMILES string of the molecule is CCOC(=N)CC(=O)OCC.CCOC(=O)CC1=Nc2ccccc2C1.Cl.Nc1ccccc1N. The Bertz CT molecular complexity index is 945. The van der Waals surface area contributed by atoms with Crippen LogP contribution in [0.1, 0.15) is 39.2 Å². The van der Waals surface area contributed by atoms with Gasteiger partial charge in [0.2, 0.25) is 0 Å². The van der Waals surface area contributed by atoms with Gasteiger partial charge in [-0.3, -0.25) is 20.0 Å². The molecule has 0 aliphatic carbocycles. The van der Waals surface area contributed by atoms with E-state index in [0.717, 1.165) is 17.8 Å². The Morgan fingerprint density at radius 2 is 1.37 bits per heavy atom. The molecule has 0 radical (unpaired) electrons. The second-order valence-corrected chi connectivity index (χ2v) is 6.93. The molecular weight excluding hydrogens is 472 g/mol. The maximum absolute atomic E-state index is 11.2. The molecule has 2 aromatic rings. The fourth-order valence-electron chi connectivity index (χ4n) is 2.76. The fourth-order valence-corrected chi connectivity index (χ4v) is 2.76. The molecule has 192 valence electrons. The Hall–Kier alpha value is -3.59. The smallest absolute Gasteiger partial charge is 0.315 e. The Morgan fingerprint density at radius 1 is 0.857 bits per heavy atom. The van der Waals surface area contributed by atoms with Gasteiger partial charge in [0.25, 0.3) is 0 Å². The van der Waals surface area contributed by atoms with Crippen molar-refractivity contribution in [1.82, 2.24) is 0 Å². The van der Waals surface area contributed by atoms with Crippen LogP contribution >= 0.6 is 12.4 Å². The number of esters is 2. The molecule has 0 fully saturated rings. The number of rotatable bonds is 7. The number of anilines is 2. The number of fused-ring (bicyclic) bond motifs is 1. The topological polar surface area (TPSA) is 150 Å². The van der Waals surface area contributed by atoms with Gasteiger partial charge in [0.1, 0.15) is 6.42 Å². The van der Waals surface area contributed by atoms with E-state index in [1.807, 2.05) is 43.3 Å². The zero-order chi connectivity index (χ0) is 25.3. The van der Waals surface area contributed by atoms with Crippen molar-refractivity contribution in [2.24, 2.45) is 4.99 Å². The number of carbonyl (C=O) groups excluding carboxylic acids is 2. The number of halogens is 1. The summed E-state index contributed by atoms with van der Waals surface area (Å²) in [5, 5.41) is 7.07. The fraction of sp³-hybridized carbons (Fsp3) is 0.360. The molecule has 1 heterocycles. The van der Waals surface area contributed by atoms with E-state index >= 15 is 0 Å². The van der Waals surface area contributed by atoms with Gasteiger partial charge < -0.3 is 25.7 Å². The number of nitrogens with two attached hydrogens (primary N) is 2. The molecular formula is C25H35ClN4O5. The number of para-hydroxylation sites is 3. The van der Waals surface area contributed by atoms with Crippen LogP contribution in [0.25, 0.3) is 0 Å². The van der Waals surface area contributed by atoms with Crippen molar-refractivity contribution in [3.63, 3.8) is 0 Å². The van der Waals surface area contributed by atoms with Crippen molar-refractivity contribution in [2.45, 2.75) is 40.0 Å². The molecule has 0 bridgehead atoms. The highest BCUT2D eigenvalue weighted by Crippen LogP contribution is 2.26. The summed E-state index contributed by atoms with van der Waals surface area (Å²) in [5.74, 6) is -0.638. The number of aliphatic imine (C=N–C) groups is 1. The average Bonchev–Trinajstić information content (AvgIpc) is 3.19. The molecule has 0 saturated carbocycles. The first-order valence-corrected chi connectivity index (χ1v) is 11.1. The van der Waals surface area contributed by atoms with Gasteiger partial charge in [-0.1, -0.05) is 30.3 Å². The van der Waals surface area contributed by atoms with Crippen LogP contribution in [-0.4, -0.2) is 43.4 Å². The van der Waals surface area contributed by atoms with Gasteiger partial charge in [-0.25, -0.2) is 0 Å². The summed E-state index contributed by atoms with van der Waals surface area (Å²) in [7, 11) is 0. The molecule has 3 rings (SSSR count). The highest BCUT2D eigenvalue weighted by molar-refractivity contribution is 6.03. The second kappa shape index (κ2) is 17.8. The average molecular weight is 507 g/mol. The number of nitrogens with one attached hydrogen (secondary N) is 1. The monoisotopic (exact) mass is 506 g/mol. The highest BCUT2D eigenvalue weighted by atomic mass is 35.5. The molecule has 35 heavy (non-hydrogen) atoms. The van der Waals surface area contributed by atoms with Crippen LogP contribution in [0.5, 0.6) is 0 Å². The predicted molar refractivity (Wildman–Crippen MR) is 142 cm³/mol. The van der Waals surface area contributed by atoms with E-state index in [1.54, 1.807) is 26.0 Å². The van der Waals surface area contributed by atoms with Gasteiger partial charge in [0.15, 0.2) is 5.90 Å². The summed E-state index contributed by atoms with van der Waals surface area (Å²) >= 11 is 0. The molecule has 0 spiro atoms. The Morgan fingerprint density at radius 3 is 1.89 bits per heavy atom. The molecule has 0 amide bonds. The molecule has 1 aliphatic rings. The van der Waals surface area contributed by atoms with Gasteiger partial charge in [0.05, 0.1) is 43.3 Å². The minimum atomic E-state index is -0.411. The number of benzene rings is 2. The summed E-state index contributed by atoms with van der Waals surface area (Å²) < 4.78 is 14.2. The number of nitrogen functional groups attached to an aromatic ring is 2. The number of ether oxygens (including phenoxy) is 3. The lowest BCUT2D eigenvalue weighted by Crippen LogP contribution is -2.12. The molecule has 0 saturated heterocycles. The minimum absolute atomic E-state index is 0. The quantitative estimate of drug-likeness (QED) is 0.216. The summed E-state index contributed by atoms with van der Waals surface area (Å²) in [6.45, 7) is 6.49. The van der Waals surface area contributed by atoms with E-state index in [-0.39, 0.29) is 30.7 Å². The predicted octanol–water partition coefficient (Wildman–Crippen LogP) is 4.49. The number of carbonyl (C=O) groups is 2. The maximum atomic E-state index is 11.2. The second-order valence-electron chi connectivity index (χ2n) is 6.93. The Balaban J connectivity index is 0.000000514. The van der Waals surface area contributed by atoms with Crippen molar-refractivity contribution in [1.29, 1.82) is 5.41 Å². The third kappa shape index (κ3) is 13.0. The van der Waals surface area contributed by atoms with Crippen LogP contribution in [0.15, 0.2) is 53.5 Å². The van der Waals surface area contributed by atoms with Crippen molar-refractivity contribution < 1.29 is 23.8 Å². The van der Waals surface area contributed by atoms with Crippen molar-refractivity contribution in [2.75, 3.05) is 31.3 Å². The van der Waals surface area contributed by atoms with Crippen molar-refractivity contribution in [3.05, 3.63) is 54.1 Å². The van der Waals surface area contributed by atoms with Crippen molar-refractivity contribution >= 4 is 53.0 Å². The van der Waals surface area contributed by atoms with Gasteiger partial charge >= 0.3 is 11.9 Å². The number of hydrogen-bond acceptors (Lipinski definition) is 9. The first-order chi connectivity index (χ1) is 16.3. The van der Waals surface area contributed by atoms with E-state index in [2.05, 4.69) is 9.73 Å². The zero-order valence-electron chi connectivity index (χ0n) is 20.4. The van der Waals surface area contributed by atoms with Gasteiger partial charge in [-0.05, 0) is 44.5 Å². The first kappa shape index (κ1) is 31.4. The molecule has 2 aromatic carbocycles. The van der Waals surface area contributed by atoms with Crippen molar-refractivity contribution in [3.8, 4) is 0 Å². The lowest BCUT2D eigenvalue weighted by Gasteiger charge is -2.03. The number of hydrogen-bond donors (Lipinski definition) is 3. The highest BCUT2D eigenvalue weighted by Gasteiger charge is 2.16. The molecule has 1 aliphatic heterocycles. The van der Waals surface area contributed by atoms with E-state index in [9.17, 15) is 9.59 Å². The first-order valence-electron chi connectivity index (χ1n) is 11.1. The molecule has 5 N–H and O–H groups in total. The summed E-state index contributed by atoms with van der Waals surface area (Å²) in [6, 6.07) is 15.2. The van der Waals surface area contributed by atoms with Crippen LogP contribution < -0.4 is 11.5 Å². The Labute approximate surface area is 212 Å². The molecule has 10 heteroatoms.